The molecular formula is C34H23N3. The second-order valence-electron chi connectivity index (χ2n) is 9.64. The van der Waals surface area contributed by atoms with E-state index in [-0.39, 0.29) is 0 Å². The number of aromatic nitrogens is 3. The molecule has 3 N–H and O–H groups in total. The van der Waals surface area contributed by atoms with Gasteiger partial charge in [-0.2, -0.15) is 0 Å². The van der Waals surface area contributed by atoms with Crippen LogP contribution in [0.15, 0.2) is 121 Å². The normalized spacial score (nSPS) is 11.8. The van der Waals surface area contributed by atoms with Crippen molar-refractivity contribution in [3.05, 3.63) is 121 Å². The van der Waals surface area contributed by atoms with Crippen LogP contribution in [-0.2, 0) is 0 Å². The number of aromatic amines is 3. The van der Waals surface area contributed by atoms with E-state index in [1.165, 1.54) is 49.3 Å². The molecule has 174 valence electrons. The zero-order valence-electron chi connectivity index (χ0n) is 20.0. The second kappa shape index (κ2) is 7.74. The smallest absolute Gasteiger partial charge is 0.0710 e. The van der Waals surface area contributed by atoms with Crippen LogP contribution in [0.2, 0.25) is 0 Å². The summed E-state index contributed by atoms with van der Waals surface area (Å²) in [6.45, 7) is 0. The average Bonchev–Trinajstić information content (AvgIpc) is 3.66. The Bertz CT molecular complexity index is 2070. The van der Waals surface area contributed by atoms with Gasteiger partial charge in [-0.15, -0.1) is 0 Å². The maximum Gasteiger partial charge on any atom is 0.0710 e. The number of hydrogen-bond donors (Lipinski definition) is 3. The van der Waals surface area contributed by atoms with E-state index >= 15 is 0 Å². The van der Waals surface area contributed by atoms with Crippen molar-refractivity contribution in [2.45, 2.75) is 0 Å². The van der Waals surface area contributed by atoms with Crippen LogP contribution in [0, 0.1) is 0 Å². The van der Waals surface area contributed by atoms with E-state index in [1.807, 2.05) is 0 Å². The van der Waals surface area contributed by atoms with Crippen LogP contribution < -0.4 is 0 Å². The van der Waals surface area contributed by atoms with Crippen molar-refractivity contribution >= 4 is 43.6 Å². The Morgan fingerprint density at radius 1 is 0.405 bits per heavy atom. The summed E-state index contributed by atoms with van der Waals surface area (Å²) in [5, 5.41) is 4.92. The average molecular weight is 474 g/mol. The third-order valence-electron chi connectivity index (χ3n) is 7.53. The number of fused-ring (bicyclic) bond motifs is 5. The minimum atomic E-state index is 1.09. The predicted molar refractivity (Wildman–Crippen MR) is 156 cm³/mol. The first-order valence-corrected chi connectivity index (χ1v) is 12.6. The van der Waals surface area contributed by atoms with Crippen molar-refractivity contribution < 1.29 is 0 Å². The summed E-state index contributed by atoms with van der Waals surface area (Å²) in [5.74, 6) is 0. The Morgan fingerprint density at radius 2 is 1.03 bits per heavy atom. The molecule has 37 heavy (non-hydrogen) atoms. The summed E-state index contributed by atoms with van der Waals surface area (Å²) in [7, 11) is 0. The minimum Gasteiger partial charge on any atom is -0.354 e. The molecule has 3 heterocycles. The lowest BCUT2D eigenvalue weighted by molar-refractivity contribution is 1.38. The molecule has 3 nitrogen and oxygen atoms in total. The quantitative estimate of drug-likeness (QED) is 0.229. The fraction of sp³-hybridized carbons (Fsp3) is 0. The molecule has 3 heteroatoms. The molecule has 0 aliphatic carbocycles. The van der Waals surface area contributed by atoms with Gasteiger partial charge in [0.1, 0.15) is 0 Å². The molecule has 8 aromatic rings. The van der Waals surface area contributed by atoms with Gasteiger partial charge in [0.25, 0.3) is 0 Å². The van der Waals surface area contributed by atoms with Gasteiger partial charge in [0.2, 0.25) is 0 Å². The molecule has 0 aliphatic rings. The first kappa shape index (κ1) is 20.2. The molecule has 5 aromatic carbocycles. The van der Waals surface area contributed by atoms with Crippen LogP contribution in [0.4, 0.5) is 0 Å². The van der Waals surface area contributed by atoms with Gasteiger partial charge >= 0.3 is 0 Å². The molecule has 0 radical (unpaired) electrons. The summed E-state index contributed by atoms with van der Waals surface area (Å²) >= 11 is 0. The van der Waals surface area contributed by atoms with Crippen LogP contribution in [0.3, 0.4) is 0 Å². The molecule has 0 fully saturated rings. The topological polar surface area (TPSA) is 47.4 Å². The maximum absolute atomic E-state index is 3.74. The summed E-state index contributed by atoms with van der Waals surface area (Å²) in [5.41, 5.74) is 11.6. The van der Waals surface area contributed by atoms with Gasteiger partial charge in [-0.25, -0.2) is 0 Å². The number of H-pyrrole nitrogens is 3. The first-order chi connectivity index (χ1) is 18.3. The highest BCUT2D eigenvalue weighted by molar-refractivity contribution is 6.14. The van der Waals surface area contributed by atoms with E-state index in [0.29, 0.717) is 0 Å². The summed E-state index contributed by atoms with van der Waals surface area (Å²) in [4.78, 5) is 11.1. The summed E-state index contributed by atoms with van der Waals surface area (Å²) in [6.07, 6.45) is 0. The minimum absolute atomic E-state index is 1.09. The van der Waals surface area contributed by atoms with Crippen LogP contribution in [-0.4, -0.2) is 15.0 Å². The number of para-hydroxylation sites is 4. The molecule has 8 rings (SSSR count). The maximum atomic E-state index is 3.74. The lowest BCUT2D eigenvalue weighted by Crippen LogP contribution is -1.89. The number of rotatable bonds is 3. The van der Waals surface area contributed by atoms with E-state index in [2.05, 4.69) is 136 Å². The molecule has 0 unspecified atom stereocenters. The Hall–Kier alpha value is -5.02. The molecule has 0 saturated carbocycles. The third-order valence-corrected chi connectivity index (χ3v) is 7.53. The fourth-order valence-corrected chi connectivity index (χ4v) is 5.87. The molecule has 0 atom stereocenters. The van der Waals surface area contributed by atoms with Gasteiger partial charge in [0.05, 0.1) is 16.9 Å². The van der Waals surface area contributed by atoms with Gasteiger partial charge < -0.3 is 15.0 Å². The van der Waals surface area contributed by atoms with Crippen molar-refractivity contribution in [2.75, 3.05) is 0 Å². The van der Waals surface area contributed by atoms with E-state index in [0.717, 1.165) is 27.9 Å². The number of nitrogens with one attached hydrogen (secondary N) is 3. The van der Waals surface area contributed by atoms with Crippen molar-refractivity contribution in [3.8, 4) is 33.6 Å². The van der Waals surface area contributed by atoms with Gasteiger partial charge in [0.15, 0.2) is 0 Å². The van der Waals surface area contributed by atoms with Gasteiger partial charge in [-0.3, -0.25) is 0 Å². The van der Waals surface area contributed by atoms with Crippen LogP contribution in [0.5, 0.6) is 0 Å². The lowest BCUT2D eigenvalue weighted by Gasteiger charge is -2.12. The highest BCUT2D eigenvalue weighted by Gasteiger charge is 2.20. The fourth-order valence-electron chi connectivity index (χ4n) is 5.87. The SMILES string of the molecule is c1ccc(-c2cccc3c2[nH]c2ccccc23)c(-c2c(-c3cc4ccccc4[nH]3)[nH]c3ccccc23)c1. The molecule has 0 bridgehead atoms. The number of hydrogen-bond acceptors (Lipinski definition) is 0. The standard InChI is InChI=1S/C34H23N3/c1-6-17-28-21(10-1)20-31(35-28)34-32(27-14-5-8-19-30(27)37-34)24-13-3-2-11-22(24)25-15-9-16-26-23-12-4-7-18-29(23)36-33(25)26/h1-20,35-37H. The van der Waals surface area contributed by atoms with E-state index < -0.39 is 0 Å². The van der Waals surface area contributed by atoms with Crippen LogP contribution in [0.25, 0.3) is 77.3 Å². The molecule has 0 aliphatic heterocycles. The lowest BCUT2D eigenvalue weighted by atomic mass is 9.91. The highest BCUT2D eigenvalue weighted by atomic mass is 14.8. The molecule has 0 saturated heterocycles. The van der Waals surface area contributed by atoms with Gasteiger partial charge in [-0.1, -0.05) is 97.1 Å². The van der Waals surface area contributed by atoms with Gasteiger partial charge in [-0.05, 0) is 35.4 Å². The van der Waals surface area contributed by atoms with E-state index in [1.54, 1.807) is 0 Å². The van der Waals surface area contributed by atoms with Crippen molar-refractivity contribution in [1.29, 1.82) is 0 Å². The molecule has 0 spiro atoms. The zero-order chi connectivity index (χ0) is 24.3. The molecule has 3 aromatic heterocycles. The van der Waals surface area contributed by atoms with Crippen molar-refractivity contribution in [3.63, 3.8) is 0 Å². The summed E-state index contributed by atoms with van der Waals surface area (Å²) in [6, 6.07) is 43.2. The van der Waals surface area contributed by atoms with Gasteiger partial charge in [0, 0.05) is 49.2 Å². The zero-order valence-corrected chi connectivity index (χ0v) is 20.0. The third kappa shape index (κ3) is 3.01. The monoisotopic (exact) mass is 473 g/mol. The Kier molecular flexibility index (Phi) is 4.23. The highest BCUT2D eigenvalue weighted by Crippen LogP contribution is 2.44. The van der Waals surface area contributed by atoms with Crippen LogP contribution >= 0.6 is 0 Å². The molecular weight excluding hydrogens is 450 g/mol. The second-order valence-corrected chi connectivity index (χ2v) is 9.64. The Morgan fingerprint density at radius 3 is 1.86 bits per heavy atom. The Balaban J connectivity index is 1.44. The Labute approximate surface area is 213 Å². The van der Waals surface area contributed by atoms with Crippen molar-refractivity contribution in [1.82, 2.24) is 15.0 Å². The van der Waals surface area contributed by atoms with Crippen LogP contribution in [0.1, 0.15) is 0 Å². The molecule has 0 amide bonds. The van der Waals surface area contributed by atoms with E-state index in [4.69, 9.17) is 0 Å². The van der Waals surface area contributed by atoms with E-state index in [9.17, 15) is 0 Å². The van der Waals surface area contributed by atoms with Crippen molar-refractivity contribution in [2.24, 2.45) is 0 Å². The number of benzene rings is 5. The predicted octanol–water partition coefficient (Wildman–Crippen LogP) is 9.28. The largest absolute Gasteiger partial charge is 0.354 e. The summed E-state index contributed by atoms with van der Waals surface area (Å²) < 4.78 is 0. The first-order valence-electron chi connectivity index (χ1n) is 12.6.